The lowest BCUT2D eigenvalue weighted by Crippen LogP contribution is -2.39. The van der Waals surface area contributed by atoms with Gasteiger partial charge in [0.25, 0.3) is 12.3 Å². The van der Waals surface area contributed by atoms with Gasteiger partial charge in [-0.3, -0.25) is 14.3 Å². The molecule has 1 N–H and O–H groups in total. The second-order valence-corrected chi connectivity index (χ2v) is 9.54. The molecule has 0 unspecified atom stereocenters. The van der Waals surface area contributed by atoms with Crippen molar-refractivity contribution < 1.29 is 18.0 Å². The van der Waals surface area contributed by atoms with Gasteiger partial charge in [0.1, 0.15) is 11.5 Å². The molecule has 1 fully saturated rings. The molecule has 37 heavy (non-hydrogen) atoms. The second-order valence-electron chi connectivity index (χ2n) is 9.10. The van der Waals surface area contributed by atoms with Crippen molar-refractivity contribution >= 4 is 28.7 Å². The summed E-state index contributed by atoms with van der Waals surface area (Å²) in [5, 5.41) is 2.92. The van der Waals surface area contributed by atoms with E-state index in [-0.39, 0.29) is 33.9 Å². The van der Waals surface area contributed by atoms with Crippen LogP contribution in [0.3, 0.4) is 0 Å². The van der Waals surface area contributed by atoms with E-state index in [1.165, 1.54) is 22.8 Å². The zero-order valence-electron chi connectivity index (χ0n) is 19.6. The summed E-state index contributed by atoms with van der Waals surface area (Å²) in [6.45, 7) is 0.414. The Kier molecular flexibility index (Phi) is 7.01. The van der Waals surface area contributed by atoms with Crippen molar-refractivity contribution in [2.24, 2.45) is 5.92 Å². The van der Waals surface area contributed by atoms with Crippen molar-refractivity contribution in [3.05, 3.63) is 87.4 Å². The van der Waals surface area contributed by atoms with Crippen molar-refractivity contribution in [1.29, 1.82) is 0 Å². The molecule has 3 heterocycles. The van der Waals surface area contributed by atoms with Gasteiger partial charge in [-0.25, -0.2) is 27.5 Å². The molecular formula is C26H23ClF3N5O2. The predicted molar refractivity (Wildman–Crippen MR) is 133 cm³/mol. The fraction of sp³-hybridized carbons (Fsp3) is 0.308. The molecule has 7 nitrogen and oxygen atoms in total. The highest BCUT2D eigenvalue weighted by molar-refractivity contribution is 6.30. The van der Waals surface area contributed by atoms with Gasteiger partial charge in [-0.2, -0.15) is 0 Å². The monoisotopic (exact) mass is 529 g/mol. The van der Waals surface area contributed by atoms with E-state index < -0.39 is 23.8 Å². The minimum atomic E-state index is -2.90. The maximum atomic E-state index is 14.5. The molecule has 4 aromatic rings. The summed E-state index contributed by atoms with van der Waals surface area (Å²) in [6.07, 6.45) is 2.41. The summed E-state index contributed by atoms with van der Waals surface area (Å²) in [5.41, 5.74) is -0.0793. The van der Waals surface area contributed by atoms with Gasteiger partial charge in [0, 0.05) is 25.0 Å². The Morgan fingerprint density at radius 3 is 2.59 bits per heavy atom. The van der Waals surface area contributed by atoms with Crippen LogP contribution < -0.4 is 11.0 Å². The standard InChI is InChI=1S/C26H23ClF3N5O2/c27-16-12-18(22(23(29)30)32-13-16)25(36)33-17-9-7-15(8-10-17)14-34-21-6-3-11-31-24(21)35(26(34)37)20-5-2-1-4-19(20)28/h1-6,11-13,15,17,23H,7-10,14H2,(H,33,36)/t15-,17-. The van der Waals surface area contributed by atoms with Gasteiger partial charge in [0.15, 0.2) is 5.65 Å². The Labute approximate surface area is 214 Å². The molecule has 1 aliphatic carbocycles. The highest BCUT2D eigenvalue weighted by Gasteiger charge is 2.27. The molecule has 1 aliphatic rings. The number of imidazole rings is 1. The van der Waals surface area contributed by atoms with Gasteiger partial charge < -0.3 is 5.32 Å². The summed E-state index contributed by atoms with van der Waals surface area (Å²) in [7, 11) is 0. The largest absolute Gasteiger partial charge is 0.349 e. The Morgan fingerprint density at radius 1 is 1.11 bits per heavy atom. The minimum absolute atomic E-state index is 0.104. The van der Waals surface area contributed by atoms with E-state index in [4.69, 9.17) is 11.6 Å². The normalized spacial score (nSPS) is 17.9. The van der Waals surface area contributed by atoms with Crippen molar-refractivity contribution in [1.82, 2.24) is 24.4 Å². The zero-order chi connectivity index (χ0) is 26.1. The van der Waals surface area contributed by atoms with Crippen LogP contribution in [0.4, 0.5) is 13.2 Å². The highest BCUT2D eigenvalue weighted by atomic mass is 35.5. The van der Waals surface area contributed by atoms with E-state index in [1.54, 1.807) is 35.0 Å². The summed E-state index contributed by atoms with van der Waals surface area (Å²) < 4.78 is 44.0. The minimum Gasteiger partial charge on any atom is -0.349 e. The second kappa shape index (κ2) is 10.4. The SMILES string of the molecule is O=C(N[C@H]1CC[C@H](Cn2c(=O)n(-c3ccccc3F)c3ncccc32)CC1)c1cc(Cl)cnc1C(F)F. The summed E-state index contributed by atoms with van der Waals surface area (Å²) >= 11 is 5.87. The fourth-order valence-corrected chi connectivity index (χ4v) is 5.09. The fourth-order valence-electron chi connectivity index (χ4n) is 4.93. The molecule has 0 bridgehead atoms. The summed E-state index contributed by atoms with van der Waals surface area (Å²) in [6, 6.07) is 10.6. The number of fused-ring (bicyclic) bond motifs is 1. The number of carbonyl (C=O) groups excluding carboxylic acids is 1. The quantitative estimate of drug-likeness (QED) is 0.367. The molecule has 1 saturated carbocycles. The van der Waals surface area contributed by atoms with Crippen LogP contribution in [0.5, 0.6) is 0 Å². The third-order valence-electron chi connectivity index (χ3n) is 6.74. The number of pyridine rings is 2. The van der Waals surface area contributed by atoms with Gasteiger partial charge in [-0.05, 0) is 61.9 Å². The van der Waals surface area contributed by atoms with Crippen LogP contribution in [0.1, 0.15) is 48.2 Å². The molecule has 0 atom stereocenters. The average Bonchev–Trinajstić information content (AvgIpc) is 3.16. The number of nitrogens with zero attached hydrogens (tertiary/aromatic N) is 4. The topological polar surface area (TPSA) is 81.8 Å². The van der Waals surface area contributed by atoms with Crippen molar-refractivity contribution in [2.45, 2.75) is 44.7 Å². The molecule has 0 spiro atoms. The van der Waals surface area contributed by atoms with Gasteiger partial charge in [-0.15, -0.1) is 0 Å². The van der Waals surface area contributed by atoms with E-state index >= 15 is 0 Å². The van der Waals surface area contributed by atoms with Crippen LogP contribution >= 0.6 is 11.6 Å². The first-order valence-electron chi connectivity index (χ1n) is 11.9. The van der Waals surface area contributed by atoms with E-state index in [1.807, 2.05) is 0 Å². The first-order valence-corrected chi connectivity index (χ1v) is 12.3. The van der Waals surface area contributed by atoms with Gasteiger partial charge in [0.2, 0.25) is 0 Å². The molecule has 3 aromatic heterocycles. The van der Waals surface area contributed by atoms with Gasteiger partial charge in [0.05, 0.1) is 21.8 Å². The number of alkyl halides is 2. The molecule has 192 valence electrons. The molecule has 11 heteroatoms. The third kappa shape index (κ3) is 4.98. The van der Waals surface area contributed by atoms with E-state index in [0.717, 1.165) is 6.20 Å². The Balaban J connectivity index is 1.31. The summed E-state index contributed by atoms with van der Waals surface area (Å²) in [4.78, 5) is 34.0. The number of halogens is 4. The number of aromatic nitrogens is 4. The number of benzene rings is 1. The smallest absolute Gasteiger partial charge is 0.335 e. The Morgan fingerprint density at radius 2 is 1.86 bits per heavy atom. The Hall–Kier alpha value is -3.66. The number of amides is 1. The molecule has 1 aromatic carbocycles. The van der Waals surface area contributed by atoms with Crippen LogP contribution in [0, 0.1) is 11.7 Å². The van der Waals surface area contributed by atoms with E-state index in [9.17, 15) is 22.8 Å². The number of hydrogen-bond acceptors (Lipinski definition) is 4. The van der Waals surface area contributed by atoms with Gasteiger partial charge >= 0.3 is 5.69 Å². The van der Waals surface area contributed by atoms with Gasteiger partial charge in [-0.1, -0.05) is 23.7 Å². The molecule has 0 saturated heterocycles. The van der Waals surface area contributed by atoms with Crippen LogP contribution in [-0.2, 0) is 6.54 Å². The number of hydrogen-bond donors (Lipinski definition) is 1. The van der Waals surface area contributed by atoms with Crippen LogP contribution in [-0.4, -0.2) is 31.1 Å². The number of para-hydroxylation sites is 1. The molecule has 5 rings (SSSR count). The van der Waals surface area contributed by atoms with Crippen molar-refractivity contribution in [3.63, 3.8) is 0 Å². The van der Waals surface area contributed by atoms with Crippen LogP contribution in [0.2, 0.25) is 5.02 Å². The lowest BCUT2D eigenvalue weighted by Gasteiger charge is -2.29. The van der Waals surface area contributed by atoms with E-state index in [0.29, 0.717) is 43.4 Å². The molecular weight excluding hydrogens is 507 g/mol. The predicted octanol–water partition coefficient (Wildman–Crippen LogP) is 5.30. The van der Waals surface area contributed by atoms with Crippen LogP contribution in [0.15, 0.2) is 59.7 Å². The number of carbonyl (C=O) groups is 1. The maximum Gasteiger partial charge on any atom is 0.335 e. The zero-order valence-corrected chi connectivity index (χ0v) is 20.3. The van der Waals surface area contributed by atoms with Crippen molar-refractivity contribution in [2.75, 3.05) is 0 Å². The first kappa shape index (κ1) is 25.0. The highest BCUT2D eigenvalue weighted by Crippen LogP contribution is 2.28. The molecule has 1 amide bonds. The molecule has 0 aliphatic heterocycles. The Bertz CT molecular complexity index is 1510. The van der Waals surface area contributed by atoms with Crippen molar-refractivity contribution in [3.8, 4) is 5.69 Å². The van der Waals surface area contributed by atoms with Crippen LogP contribution in [0.25, 0.3) is 16.9 Å². The third-order valence-corrected chi connectivity index (χ3v) is 6.95. The average molecular weight is 530 g/mol. The number of rotatable bonds is 6. The van der Waals surface area contributed by atoms with E-state index in [2.05, 4.69) is 15.3 Å². The molecule has 0 radical (unpaired) electrons. The summed E-state index contributed by atoms with van der Waals surface area (Å²) in [5.74, 6) is -1.02. The number of nitrogens with one attached hydrogen (secondary N) is 1. The first-order chi connectivity index (χ1) is 17.8. The maximum absolute atomic E-state index is 14.5. The lowest BCUT2D eigenvalue weighted by molar-refractivity contribution is 0.0904. The lowest BCUT2D eigenvalue weighted by atomic mass is 9.85.